The molecule has 1 heterocycles. The number of pyridine rings is 1. The summed E-state index contributed by atoms with van der Waals surface area (Å²) in [5.41, 5.74) is 4.28. The molecule has 0 saturated carbocycles. The summed E-state index contributed by atoms with van der Waals surface area (Å²) in [6.45, 7) is 0.319. The molecule has 0 unspecified atom stereocenters. The average Bonchev–Trinajstić information content (AvgIpc) is 2.69. The lowest BCUT2D eigenvalue weighted by molar-refractivity contribution is -0.385. The van der Waals surface area contributed by atoms with Gasteiger partial charge in [-0.25, -0.2) is 9.37 Å². The van der Waals surface area contributed by atoms with E-state index in [0.717, 1.165) is 21.8 Å². The number of nitro groups is 1. The zero-order chi connectivity index (χ0) is 19.9. The molecule has 7 nitrogen and oxygen atoms in total. The molecule has 0 aliphatic rings. The maximum atomic E-state index is 12.9. The Morgan fingerprint density at radius 1 is 1.21 bits per heavy atom. The lowest BCUT2D eigenvalue weighted by Gasteiger charge is -2.09. The Bertz CT molecular complexity index is 995. The number of ether oxygens (including phenoxy) is 1. The third-order valence-electron chi connectivity index (χ3n) is 3.61. The van der Waals surface area contributed by atoms with Crippen LogP contribution in [0.2, 0.25) is 0 Å². The number of aromatic nitrogens is 1. The molecule has 28 heavy (non-hydrogen) atoms. The standard InChI is InChI=1S/C19H14BrFN4O3/c20-17-9-14(10-23-24-19-8-6-16(11-22-19)25(26)27)3-7-18(17)28-12-13-1-4-15(21)5-2-13/h1-11H,12H2,(H,22,24)/b23-10+. The Hall–Kier alpha value is -3.33. The normalized spacial score (nSPS) is 10.8. The Kier molecular flexibility index (Phi) is 6.28. The van der Waals surface area contributed by atoms with Gasteiger partial charge in [-0.1, -0.05) is 12.1 Å². The minimum atomic E-state index is -0.517. The van der Waals surface area contributed by atoms with E-state index in [2.05, 4.69) is 31.4 Å². The number of hydrazone groups is 1. The zero-order valence-electron chi connectivity index (χ0n) is 14.4. The fourth-order valence-corrected chi connectivity index (χ4v) is 2.70. The minimum Gasteiger partial charge on any atom is -0.488 e. The van der Waals surface area contributed by atoms with Crippen molar-refractivity contribution in [2.45, 2.75) is 6.61 Å². The predicted octanol–water partition coefficient (Wildman–Crippen LogP) is 4.92. The van der Waals surface area contributed by atoms with Crippen molar-refractivity contribution >= 4 is 33.6 Å². The van der Waals surface area contributed by atoms with E-state index in [9.17, 15) is 14.5 Å². The van der Waals surface area contributed by atoms with Crippen LogP contribution in [0, 0.1) is 15.9 Å². The number of halogens is 2. The summed E-state index contributed by atoms with van der Waals surface area (Å²) in [5.74, 6) is 0.748. The maximum Gasteiger partial charge on any atom is 0.287 e. The molecule has 1 aromatic heterocycles. The van der Waals surface area contributed by atoms with E-state index in [1.165, 1.54) is 24.3 Å². The third kappa shape index (κ3) is 5.34. The van der Waals surface area contributed by atoms with Crippen LogP contribution in [-0.2, 0) is 6.61 Å². The fourth-order valence-electron chi connectivity index (χ4n) is 2.19. The smallest absolute Gasteiger partial charge is 0.287 e. The van der Waals surface area contributed by atoms with E-state index in [1.54, 1.807) is 24.4 Å². The zero-order valence-corrected chi connectivity index (χ0v) is 16.0. The monoisotopic (exact) mass is 444 g/mol. The first-order chi connectivity index (χ1) is 13.5. The van der Waals surface area contributed by atoms with Crippen LogP contribution >= 0.6 is 15.9 Å². The molecule has 0 aliphatic carbocycles. The molecular weight excluding hydrogens is 431 g/mol. The van der Waals surface area contributed by atoms with Gasteiger partial charge in [-0.2, -0.15) is 5.10 Å². The van der Waals surface area contributed by atoms with Gasteiger partial charge in [0.1, 0.15) is 30.2 Å². The minimum absolute atomic E-state index is 0.0883. The maximum absolute atomic E-state index is 12.9. The van der Waals surface area contributed by atoms with Gasteiger partial charge in [0.05, 0.1) is 15.6 Å². The van der Waals surface area contributed by atoms with Gasteiger partial charge >= 0.3 is 0 Å². The lowest BCUT2D eigenvalue weighted by Crippen LogP contribution is -1.97. The van der Waals surface area contributed by atoms with Gasteiger partial charge in [-0.15, -0.1) is 0 Å². The quantitative estimate of drug-likeness (QED) is 0.317. The van der Waals surface area contributed by atoms with Crippen LogP contribution in [0.25, 0.3) is 0 Å². The summed E-state index contributed by atoms with van der Waals surface area (Å²) in [6.07, 6.45) is 2.74. The van der Waals surface area contributed by atoms with E-state index < -0.39 is 4.92 Å². The van der Waals surface area contributed by atoms with Crippen LogP contribution in [-0.4, -0.2) is 16.1 Å². The fraction of sp³-hybridized carbons (Fsp3) is 0.0526. The Morgan fingerprint density at radius 2 is 2.00 bits per heavy atom. The summed E-state index contributed by atoms with van der Waals surface area (Å²) in [5, 5.41) is 14.7. The van der Waals surface area contributed by atoms with Gasteiger partial charge < -0.3 is 4.74 Å². The number of hydrogen-bond donors (Lipinski definition) is 1. The number of nitrogens with one attached hydrogen (secondary N) is 1. The number of hydrogen-bond acceptors (Lipinski definition) is 6. The highest BCUT2D eigenvalue weighted by molar-refractivity contribution is 9.10. The van der Waals surface area contributed by atoms with Crippen LogP contribution in [0.5, 0.6) is 5.75 Å². The first kappa shape index (κ1) is 19.4. The van der Waals surface area contributed by atoms with Crippen molar-refractivity contribution in [1.82, 2.24) is 4.98 Å². The third-order valence-corrected chi connectivity index (χ3v) is 4.23. The van der Waals surface area contributed by atoms with Crippen LogP contribution in [0.15, 0.2) is 70.4 Å². The second-order valence-corrected chi connectivity index (χ2v) is 6.49. The van der Waals surface area contributed by atoms with Crippen molar-refractivity contribution in [3.63, 3.8) is 0 Å². The van der Waals surface area contributed by atoms with E-state index in [1.807, 2.05) is 12.1 Å². The first-order valence-electron chi connectivity index (χ1n) is 8.07. The predicted molar refractivity (Wildman–Crippen MR) is 107 cm³/mol. The van der Waals surface area contributed by atoms with Crippen molar-refractivity contribution in [3.05, 3.63) is 92.3 Å². The number of anilines is 1. The Balaban J connectivity index is 1.57. The van der Waals surface area contributed by atoms with Crippen molar-refractivity contribution < 1.29 is 14.1 Å². The highest BCUT2D eigenvalue weighted by atomic mass is 79.9. The number of benzene rings is 2. The second kappa shape index (κ2) is 9.05. The molecule has 0 spiro atoms. The molecule has 9 heteroatoms. The summed E-state index contributed by atoms with van der Waals surface area (Å²) in [7, 11) is 0. The topological polar surface area (TPSA) is 89.7 Å². The summed E-state index contributed by atoms with van der Waals surface area (Å²) in [4.78, 5) is 14.0. The van der Waals surface area contributed by atoms with Crippen LogP contribution in [0.3, 0.4) is 0 Å². The molecule has 0 fully saturated rings. The molecule has 0 aliphatic heterocycles. The van der Waals surface area contributed by atoms with Gasteiger partial charge in [0.25, 0.3) is 5.69 Å². The van der Waals surface area contributed by atoms with Crippen LogP contribution < -0.4 is 10.2 Å². The summed E-state index contributed by atoms with van der Waals surface area (Å²) in [6, 6.07) is 14.4. The van der Waals surface area contributed by atoms with Crippen LogP contribution in [0.4, 0.5) is 15.9 Å². The van der Waals surface area contributed by atoms with E-state index in [0.29, 0.717) is 18.2 Å². The van der Waals surface area contributed by atoms with Gasteiger partial charge in [0, 0.05) is 6.07 Å². The van der Waals surface area contributed by atoms with Gasteiger partial charge in [-0.05, 0) is 63.5 Å². The van der Waals surface area contributed by atoms with Gasteiger partial charge in [0.15, 0.2) is 0 Å². The second-order valence-electron chi connectivity index (χ2n) is 5.63. The molecule has 2 aromatic carbocycles. The Labute approximate surface area is 168 Å². The van der Waals surface area contributed by atoms with Gasteiger partial charge in [-0.3, -0.25) is 15.5 Å². The first-order valence-corrected chi connectivity index (χ1v) is 8.87. The molecule has 3 aromatic rings. The molecular formula is C19H14BrFN4O3. The summed E-state index contributed by atoms with van der Waals surface area (Å²) >= 11 is 3.45. The van der Waals surface area contributed by atoms with Crippen molar-refractivity contribution in [3.8, 4) is 5.75 Å². The van der Waals surface area contributed by atoms with Crippen molar-refractivity contribution in [2.75, 3.05) is 5.43 Å². The van der Waals surface area contributed by atoms with E-state index >= 15 is 0 Å². The highest BCUT2D eigenvalue weighted by Crippen LogP contribution is 2.26. The molecule has 0 amide bonds. The van der Waals surface area contributed by atoms with Gasteiger partial charge in [0.2, 0.25) is 0 Å². The molecule has 3 rings (SSSR count). The molecule has 0 radical (unpaired) electrons. The number of nitrogens with zero attached hydrogens (tertiary/aromatic N) is 3. The molecule has 0 bridgehead atoms. The average molecular weight is 445 g/mol. The molecule has 0 atom stereocenters. The lowest BCUT2D eigenvalue weighted by atomic mass is 10.2. The van der Waals surface area contributed by atoms with Crippen molar-refractivity contribution in [1.29, 1.82) is 0 Å². The summed E-state index contributed by atoms with van der Waals surface area (Å²) < 4.78 is 19.4. The van der Waals surface area contributed by atoms with Crippen molar-refractivity contribution in [2.24, 2.45) is 5.10 Å². The Morgan fingerprint density at radius 3 is 2.64 bits per heavy atom. The molecule has 1 N–H and O–H groups in total. The van der Waals surface area contributed by atoms with E-state index in [-0.39, 0.29) is 11.5 Å². The molecule has 142 valence electrons. The molecule has 0 saturated heterocycles. The number of rotatable bonds is 7. The van der Waals surface area contributed by atoms with Crippen LogP contribution in [0.1, 0.15) is 11.1 Å². The largest absolute Gasteiger partial charge is 0.488 e. The highest BCUT2D eigenvalue weighted by Gasteiger charge is 2.05. The SMILES string of the molecule is O=[N+]([O-])c1ccc(N/N=C/c2ccc(OCc3ccc(F)cc3)c(Br)c2)nc1. The van der Waals surface area contributed by atoms with E-state index in [4.69, 9.17) is 4.74 Å².